The second kappa shape index (κ2) is 5.72. The molecule has 0 aromatic heterocycles. The van der Waals surface area contributed by atoms with Gasteiger partial charge in [0.2, 0.25) is 0 Å². The number of alkyl halides is 2. The van der Waals surface area contributed by atoms with Gasteiger partial charge in [0.15, 0.2) is 0 Å². The van der Waals surface area contributed by atoms with Gasteiger partial charge < -0.3 is 5.11 Å². The molecule has 1 unspecified atom stereocenters. The number of aliphatic carboxylic acids is 1. The van der Waals surface area contributed by atoms with Gasteiger partial charge in [0.25, 0.3) is 3.79 Å². The molecule has 0 aliphatic rings. The lowest BCUT2D eigenvalue weighted by molar-refractivity contribution is -0.146. The average Bonchev–Trinajstić information content (AvgIpc) is 2.01. The van der Waals surface area contributed by atoms with Crippen molar-refractivity contribution >= 4 is 32.4 Å². The van der Waals surface area contributed by atoms with Crippen molar-refractivity contribution in [1.82, 2.24) is 0 Å². The third kappa shape index (κ3) is 4.40. The van der Waals surface area contributed by atoms with E-state index in [2.05, 4.69) is 0 Å². The van der Waals surface area contributed by atoms with E-state index in [-0.39, 0.29) is 12.8 Å². The molecule has 0 saturated carbocycles. The zero-order valence-corrected chi connectivity index (χ0v) is 10.6. The highest BCUT2D eigenvalue weighted by atomic mass is 127. The monoisotopic (exact) mass is 334 g/mol. The average molecular weight is 334 g/mol. The van der Waals surface area contributed by atoms with Gasteiger partial charge in [0.1, 0.15) is 0 Å². The molecule has 0 radical (unpaired) electrons. The highest BCUT2D eigenvalue weighted by Crippen LogP contribution is 2.36. The third-order valence-corrected chi connectivity index (χ3v) is 2.92. The van der Waals surface area contributed by atoms with Crippen LogP contribution >= 0.6 is 22.6 Å². The molecule has 0 aliphatic carbocycles. The summed E-state index contributed by atoms with van der Waals surface area (Å²) in [6.07, 6.45) is -0.531. The van der Waals surface area contributed by atoms with Gasteiger partial charge in [-0.1, -0.05) is 13.8 Å². The summed E-state index contributed by atoms with van der Waals surface area (Å²) in [4.78, 5) is 21.0. The number of carbonyl (C=O) groups excluding carboxylic acids is 1. The fraction of sp³-hybridized carbons (Fsp3) is 0.778. The molecule has 0 fully saturated rings. The van der Waals surface area contributed by atoms with Gasteiger partial charge >= 0.3 is 11.9 Å². The Hall–Kier alpha value is -0.270. The van der Waals surface area contributed by atoms with Gasteiger partial charge in [0.05, 0.1) is 0 Å². The van der Waals surface area contributed by atoms with Crippen molar-refractivity contribution in [1.29, 1.82) is 0 Å². The van der Waals surface area contributed by atoms with Crippen LogP contribution in [0.25, 0.3) is 0 Å². The van der Waals surface area contributed by atoms with Crippen LogP contribution in [0.3, 0.4) is 0 Å². The van der Waals surface area contributed by atoms with Crippen LogP contribution in [-0.2, 0) is 9.59 Å². The van der Waals surface area contributed by atoms with Gasteiger partial charge in [0, 0.05) is 34.9 Å². The summed E-state index contributed by atoms with van der Waals surface area (Å²) in [5.74, 6) is -6.21. The van der Waals surface area contributed by atoms with Crippen LogP contribution in [0.4, 0.5) is 8.78 Å². The Morgan fingerprint density at radius 3 is 2.13 bits per heavy atom. The molecule has 0 bridgehead atoms. The number of carboxylic acid groups (broad SMARTS) is 1. The number of hydrogen-bond acceptors (Lipinski definition) is 2. The molecule has 88 valence electrons. The van der Waals surface area contributed by atoms with Crippen LogP contribution in [0.5, 0.6) is 0 Å². The minimum Gasteiger partial charge on any atom is -0.481 e. The van der Waals surface area contributed by atoms with E-state index in [1.165, 1.54) is 0 Å². The van der Waals surface area contributed by atoms with Crippen LogP contribution in [-0.4, -0.2) is 20.8 Å². The van der Waals surface area contributed by atoms with Crippen molar-refractivity contribution in [3.63, 3.8) is 0 Å². The van der Waals surface area contributed by atoms with E-state index in [1.807, 2.05) is 0 Å². The fourth-order valence-electron chi connectivity index (χ4n) is 1.36. The molecule has 1 atom stereocenters. The van der Waals surface area contributed by atoms with Crippen molar-refractivity contribution in [3.05, 3.63) is 0 Å². The van der Waals surface area contributed by atoms with Crippen LogP contribution in [0, 0.1) is 11.8 Å². The molecular weight excluding hydrogens is 321 g/mol. The lowest BCUT2D eigenvalue weighted by Gasteiger charge is -2.26. The molecular formula is C9H13F2IO3. The third-order valence-electron chi connectivity index (χ3n) is 2.20. The minimum atomic E-state index is -3.44. The molecule has 0 saturated heterocycles. The number of carbonyl (C=O) groups is 2. The van der Waals surface area contributed by atoms with Crippen molar-refractivity contribution in [2.75, 3.05) is 0 Å². The zero-order chi connectivity index (χ0) is 12.2. The fourth-order valence-corrected chi connectivity index (χ4v) is 1.76. The maximum atomic E-state index is 13.4. The van der Waals surface area contributed by atoms with Gasteiger partial charge in [-0.3, -0.25) is 9.59 Å². The summed E-state index contributed by atoms with van der Waals surface area (Å²) in [5.41, 5.74) is 0. The van der Waals surface area contributed by atoms with E-state index in [9.17, 15) is 18.4 Å². The van der Waals surface area contributed by atoms with Gasteiger partial charge in [-0.15, -0.1) is 0 Å². The summed E-state index contributed by atoms with van der Waals surface area (Å²) in [6.45, 7) is 3.11. The van der Waals surface area contributed by atoms with Gasteiger partial charge in [-0.2, -0.15) is 8.78 Å². The van der Waals surface area contributed by atoms with Crippen molar-refractivity contribution in [2.45, 2.75) is 32.6 Å². The summed E-state index contributed by atoms with van der Waals surface area (Å²) in [5, 5.41) is 8.42. The van der Waals surface area contributed by atoms with Crippen LogP contribution in [0.2, 0.25) is 0 Å². The van der Waals surface area contributed by atoms with E-state index in [4.69, 9.17) is 5.11 Å². The Morgan fingerprint density at radius 2 is 1.87 bits per heavy atom. The summed E-state index contributed by atoms with van der Waals surface area (Å²) in [7, 11) is 0. The van der Waals surface area contributed by atoms with Crippen LogP contribution in [0.15, 0.2) is 0 Å². The Balaban J connectivity index is 4.66. The Bertz CT molecular complexity index is 254. The summed E-state index contributed by atoms with van der Waals surface area (Å²) < 4.78 is 25.5. The first-order valence-corrected chi connectivity index (χ1v) is 5.57. The second-order valence-electron chi connectivity index (χ2n) is 3.68. The lowest BCUT2D eigenvalue weighted by Crippen LogP contribution is -2.37. The van der Waals surface area contributed by atoms with E-state index < -0.39 is 27.5 Å². The second-order valence-corrected chi connectivity index (χ2v) is 4.66. The SMILES string of the molecule is CC(C)C(CCC(=O)O)C(F)(F)C(=O)I. The first-order valence-electron chi connectivity index (χ1n) is 4.49. The number of hydrogen-bond donors (Lipinski definition) is 1. The Morgan fingerprint density at radius 1 is 1.40 bits per heavy atom. The predicted octanol–water partition coefficient (Wildman–Crippen LogP) is 2.72. The smallest absolute Gasteiger partial charge is 0.317 e. The van der Waals surface area contributed by atoms with Crippen molar-refractivity contribution < 1.29 is 23.5 Å². The van der Waals surface area contributed by atoms with E-state index in [0.29, 0.717) is 0 Å². The molecule has 0 aliphatic heterocycles. The number of halogens is 3. The Kier molecular flexibility index (Phi) is 5.61. The minimum absolute atomic E-state index is 0.186. The summed E-state index contributed by atoms with van der Waals surface area (Å²) >= 11 is 1.05. The molecule has 0 heterocycles. The Labute approximate surface area is 100 Å². The zero-order valence-electron chi connectivity index (χ0n) is 8.47. The molecule has 3 nitrogen and oxygen atoms in total. The molecule has 6 heteroatoms. The molecule has 15 heavy (non-hydrogen) atoms. The number of rotatable bonds is 6. The normalized spacial score (nSPS) is 14.0. The van der Waals surface area contributed by atoms with Gasteiger partial charge in [-0.25, -0.2) is 0 Å². The van der Waals surface area contributed by atoms with E-state index in [0.717, 1.165) is 22.6 Å². The molecule has 1 N–H and O–H groups in total. The number of carboxylic acids is 1. The van der Waals surface area contributed by atoms with Crippen LogP contribution in [0.1, 0.15) is 26.7 Å². The van der Waals surface area contributed by atoms with E-state index in [1.54, 1.807) is 13.8 Å². The standard InChI is InChI=1S/C9H13F2IO3/c1-5(2)6(3-4-7(13)14)9(10,11)8(12)15/h5-6H,3-4H2,1-2H3,(H,13,14). The summed E-state index contributed by atoms with van der Waals surface area (Å²) in [6, 6.07) is 0. The highest BCUT2D eigenvalue weighted by Gasteiger charge is 2.46. The maximum Gasteiger partial charge on any atom is 0.317 e. The molecule has 0 aromatic rings. The van der Waals surface area contributed by atoms with Gasteiger partial charge in [-0.05, 0) is 12.3 Å². The molecule has 0 aromatic carbocycles. The van der Waals surface area contributed by atoms with E-state index >= 15 is 0 Å². The lowest BCUT2D eigenvalue weighted by atomic mass is 9.86. The topological polar surface area (TPSA) is 54.4 Å². The molecule has 0 spiro atoms. The predicted molar refractivity (Wildman–Crippen MR) is 59.2 cm³/mol. The highest BCUT2D eigenvalue weighted by molar-refractivity contribution is 14.1. The first kappa shape index (κ1) is 14.7. The van der Waals surface area contributed by atoms with Crippen LogP contribution < -0.4 is 0 Å². The quantitative estimate of drug-likeness (QED) is 0.600. The first-order chi connectivity index (χ1) is 6.69. The molecule has 0 rings (SSSR count). The maximum absolute atomic E-state index is 13.4. The largest absolute Gasteiger partial charge is 0.481 e. The molecule has 0 amide bonds. The van der Waals surface area contributed by atoms with Crippen molar-refractivity contribution in [2.24, 2.45) is 11.8 Å². The van der Waals surface area contributed by atoms with Crippen molar-refractivity contribution in [3.8, 4) is 0 Å².